The Balaban J connectivity index is 1.54. The van der Waals surface area contributed by atoms with Gasteiger partial charge in [0.25, 0.3) is 0 Å². The van der Waals surface area contributed by atoms with E-state index in [0.29, 0.717) is 24.4 Å². The van der Waals surface area contributed by atoms with Crippen molar-refractivity contribution < 1.29 is 4.79 Å². The van der Waals surface area contributed by atoms with Gasteiger partial charge < -0.3 is 9.88 Å². The fourth-order valence-electron chi connectivity index (χ4n) is 4.26. The van der Waals surface area contributed by atoms with E-state index in [0.717, 1.165) is 43.3 Å². The summed E-state index contributed by atoms with van der Waals surface area (Å²) in [5.74, 6) is 2.21. The Kier molecular flexibility index (Phi) is 6.39. The van der Waals surface area contributed by atoms with Gasteiger partial charge >= 0.3 is 0 Å². The van der Waals surface area contributed by atoms with Crippen molar-refractivity contribution in [2.24, 2.45) is 13.0 Å². The van der Waals surface area contributed by atoms with Crippen LogP contribution in [0.15, 0.2) is 5.16 Å². The Bertz CT molecular complexity index is 590. The average molecular weight is 366 g/mol. The summed E-state index contributed by atoms with van der Waals surface area (Å²) in [5, 5.41) is 12.9. The molecule has 6 nitrogen and oxygen atoms in total. The van der Waals surface area contributed by atoms with Gasteiger partial charge in [-0.3, -0.25) is 9.69 Å². The second-order valence-corrected chi connectivity index (χ2v) is 8.39. The van der Waals surface area contributed by atoms with E-state index in [9.17, 15) is 4.79 Å². The fraction of sp³-hybridized carbons (Fsp3) is 0.833. The zero-order valence-electron chi connectivity index (χ0n) is 15.7. The van der Waals surface area contributed by atoms with Gasteiger partial charge in [0.2, 0.25) is 5.91 Å². The molecule has 25 heavy (non-hydrogen) atoms. The predicted molar refractivity (Wildman–Crippen MR) is 101 cm³/mol. The van der Waals surface area contributed by atoms with Gasteiger partial charge in [0.1, 0.15) is 5.82 Å². The molecule has 1 aliphatic carbocycles. The van der Waals surface area contributed by atoms with Gasteiger partial charge in [-0.15, -0.1) is 10.2 Å². The smallest absolute Gasteiger partial charge is 0.234 e. The second kappa shape index (κ2) is 8.54. The number of nitrogens with zero attached hydrogens (tertiary/aromatic N) is 4. The first-order valence-electron chi connectivity index (χ1n) is 9.53. The molecule has 140 valence electrons. The summed E-state index contributed by atoms with van der Waals surface area (Å²) in [6.07, 6.45) is 9.17. The molecule has 3 atom stereocenters. The number of hydrogen-bond donors (Lipinski definition) is 1. The average Bonchev–Trinajstić information content (AvgIpc) is 2.98. The van der Waals surface area contributed by atoms with E-state index >= 15 is 0 Å². The molecule has 0 aromatic carbocycles. The lowest BCUT2D eigenvalue weighted by molar-refractivity contribution is -0.123. The maximum absolute atomic E-state index is 12.5. The van der Waals surface area contributed by atoms with Crippen LogP contribution >= 0.6 is 11.8 Å². The molecule has 0 spiro atoms. The first kappa shape index (κ1) is 18.7. The summed E-state index contributed by atoms with van der Waals surface area (Å²) in [6.45, 7) is 4.66. The number of piperidine rings is 1. The van der Waals surface area contributed by atoms with Crippen molar-refractivity contribution in [3.63, 3.8) is 0 Å². The highest BCUT2D eigenvalue weighted by molar-refractivity contribution is 7.98. The van der Waals surface area contributed by atoms with E-state index in [-0.39, 0.29) is 5.91 Å². The zero-order valence-corrected chi connectivity index (χ0v) is 16.5. The SMILES string of the molecule is CSc1nnc([C@H]2CCCN(CC(=O)N[C@H]3CCCC[C@@H]3C)C2)n1C. The second-order valence-electron chi connectivity index (χ2n) is 7.61. The summed E-state index contributed by atoms with van der Waals surface area (Å²) in [4.78, 5) is 14.8. The molecule has 7 heteroatoms. The maximum atomic E-state index is 12.5. The highest BCUT2D eigenvalue weighted by Crippen LogP contribution is 2.27. The van der Waals surface area contributed by atoms with Crippen LogP contribution in [0.4, 0.5) is 0 Å². The van der Waals surface area contributed by atoms with Crippen molar-refractivity contribution in [1.82, 2.24) is 25.0 Å². The van der Waals surface area contributed by atoms with Crippen LogP contribution in [-0.2, 0) is 11.8 Å². The van der Waals surface area contributed by atoms with Crippen LogP contribution in [0.3, 0.4) is 0 Å². The summed E-state index contributed by atoms with van der Waals surface area (Å²) >= 11 is 1.62. The van der Waals surface area contributed by atoms with Crippen molar-refractivity contribution in [3.05, 3.63) is 5.82 Å². The van der Waals surface area contributed by atoms with E-state index in [4.69, 9.17) is 0 Å². The third-order valence-electron chi connectivity index (χ3n) is 5.75. The monoisotopic (exact) mass is 365 g/mol. The quantitative estimate of drug-likeness (QED) is 0.812. The van der Waals surface area contributed by atoms with Crippen molar-refractivity contribution in [3.8, 4) is 0 Å². The lowest BCUT2D eigenvalue weighted by atomic mass is 9.86. The predicted octanol–water partition coefficient (Wildman–Crippen LogP) is 2.41. The highest BCUT2D eigenvalue weighted by atomic mass is 32.2. The number of carbonyl (C=O) groups excluding carboxylic acids is 1. The van der Waals surface area contributed by atoms with Crippen LogP contribution in [0.25, 0.3) is 0 Å². The van der Waals surface area contributed by atoms with Gasteiger partial charge in [-0.25, -0.2) is 0 Å². The van der Waals surface area contributed by atoms with Crippen LogP contribution in [-0.4, -0.2) is 57.5 Å². The number of likely N-dealkylation sites (tertiary alicyclic amines) is 1. The number of rotatable bonds is 5. The fourth-order valence-corrected chi connectivity index (χ4v) is 4.75. The van der Waals surface area contributed by atoms with Gasteiger partial charge in [0.15, 0.2) is 5.16 Å². The molecular formula is C18H31N5OS. The lowest BCUT2D eigenvalue weighted by Crippen LogP contribution is -2.47. The summed E-state index contributed by atoms with van der Waals surface area (Å²) < 4.78 is 2.10. The number of carbonyl (C=O) groups is 1. The molecule has 2 fully saturated rings. The Morgan fingerprint density at radius 2 is 2.04 bits per heavy atom. The largest absolute Gasteiger partial charge is 0.352 e. The summed E-state index contributed by atoms with van der Waals surface area (Å²) in [5.41, 5.74) is 0. The molecule has 0 bridgehead atoms. The number of hydrogen-bond acceptors (Lipinski definition) is 5. The minimum atomic E-state index is 0.183. The number of aromatic nitrogens is 3. The summed E-state index contributed by atoms with van der Waals surface area (Å²) in [6, 6.07) is 0.365. The molecule has 1 saturated carbocycles. The van der Waals surface area contributed by atoms with Gasteiger partial charge in [-0.2, -0.15) is 0 Å². The van der Waals surface area contributed by atoms with E-state index in [1.165, 1.54) is 19.3 Å². The van der Waals surface area contributed by atoms with Crippen LogP contribution < -0.4 is 5.32 Å². The first-order valence-corrected chi connectivity index (χ1v) is 10.8. The number of nitrogens with one attached hydrogen (secondary N) is 1. The Morgan fingerprint density at radius 1 is 1.24 bits per heavy atom. The molecule has 1 N–H and O–H groups in total. The maximum Gasteiger partial charge on any atom is 0.234 e. The third-order valence-corrected chi connectivity index (χ3v) is 6.47. The van der Waals surface area contributed by atoms with Crippen molar-refractivity contribution in [2.45, 2.75) is 62.6 Å². The van der Waals surface area contributed by atoms with Crippen LogP contribution in [0, 0.1) is 5.92 Å². The minimum Gasteiger partial charge on any atom is -0.352 e. The normalized spacial score (nSPS) is 28.0. The van der Waals surface area contributed by atoms with E-state index in [2.05, 4.69) is 31.9 Å². The van der Waals surface area contributed by atoms with Crippen LogP contribution in [0.2, 0.25) is 0 Å². The van der Waals surface area contributed by atoms with Gasteiger partial charge in [-0.1, -0.05) is 31.5 Å². The minimum absolute atomic E-state index is 0.183. The molecule has 1 aromatic rings. The van der Waals surface area contributed by atoms with Gasteiger partial charge in [0, 0.05) is 25.6 Å². The topological polar surface area (TPSA) is 63.1 Å². The van der Waals surface area contributed by atoms with Crippen LogP contribution in [0.1, 0.15) is 57.2 Å². The van der Waals surface area contributed by atoms with Gasteiger partial charge in [0.05, 0.1) is 6.54 Å². The van der Waals surface area contributed by atoms with E-state index in [1.54, 1.807) is 11.8 Å². The van der Waals surface area contributed by atoms with E-state index in [1.807, 2.05) is 13.3 Å². The van der Waals surface area contributed by atoms with Crippen molar-refractivity contribution >= 4 is 17.7 Å². The Morgan fingerprint density at radius 3 is 2.76 bits per heavy atom. The molecule has 1 saturated heterocycles. The Labute approximate surface area is 155 Å². The lowest BCUT2D eigenvalue weighted by Gasteiger charge is -2.33. The third kappa shape index (κ3) is 4.56. The summed E-state index contributed by atoms with van der Waals surface area (Å²) in [7, 11) is 2.04. The number of amides is 1. The molecule has 0 radical (unpaired) electrons. The molecular weight excluding hydrogens is 334 g/mol. The molecule has 0 unspecified atom stereocenters. The Hall–Kier alpha value is -1.08. The molecule has 3 rings (SSSR count). The van der Waals surface area contributed by atoms with Crippen LogP contribution in [0.5, 0.6) is 0 Å². The first-order chi connectivity index (χ1) is 12.1. The molecule has 1 aliphatic heterocycles. The van der Waals surface area contributed by atoms with Gasteiger partial charge in [-0.05, 0) is 44.4 Å². The number of thioether (sulfide) groups is 1. The molecule has 2 aliphatic rings. The highest BCUT2D eigenvalue weighted by Gasteiger charge is 2.28. The molecule has 1 amide bonds. The van der Waals surface area contributed by atoms with Crippen molar-refractivity contribution in [1.29, 1.82) is 0 Å². The van der Waals surface area contributed by atoms with Crippen molar-refractivity contribution in [2.75, 3.05) is 25.9 Å². The standard InChI is InChI=1S/C18H31N5OS/c1-13-7-4-5-9-15(13)19-16(24)12-23-10-6-8-14(11-23)17-20-21-18(25-3)22(17)2/h13-15H,4-12H2,1-3H3,(H,19,24)/t13-,14-,15-/m0/s1. The molecule has 1 aromatic heterocycles. The zero-order chi connectivity index (χ0) is 17.8. The molecule has 2 heterocycles. The van der Waals surface area contributed by atoms with E-state index < -0.39 is 0 Å².